The second-order valence-corrected chi connectivity index (χ2v) is 3.45. The molecule has 2 aliphatic rings. The van der Waals surface area contributed by atoms with E-state index in [1.165, 1.54) is 12.0 Å². The van der Waals surface area contributed by atoms with Crippen LogP contribution in [-0.4, -0.2) is 6.61 Å². The first-order valence-electron chi connectivity index (χ1n) is 4.17. The topological polar surface area (TPSA) is 9.23 Å². The largest absolute Gasteiger partial charge is 0.493 e. The Labute approximate surface area is 66.0 Å². The van der Waals surface area contributed by atoms with Crippen LogP contribution in [0.1, 0.15) is 17.9 Å². The van der Waals surface area contributed by atoms with Crippen LogP contribution in [0.15, 0.2) is 24.3 Å². The van der Waals surface area contributed by atoms with Crippen LogP contribution < -0.4 is 4.74 Å². The zero-order valence-electron chi connectivity index (χ0n) is 6.29. The van der Waals surface area contributed by atoms with Crippen LogP contribution in [0.25, 0.3) is 0 Å². The van der Waals surface area contributed by atoms with Crippen LogP contribution in [0.3, 0.4) is 0 Å². The van der Waals surface area contributed by atoms with Gasteiger partial charge in [-0.3, -0.25) is 0 Å². The fourth-order valence-corrected chi connectivity index (χ4v) is 1.93. The minimum absolute atomic E-state index is 0.833. The first kappa shape index (κ1) is 5.64. The molecule has 1 aliphatic carbocycles. The van der Waals surface area contributed by atoms with Gasteiger partial charge in [-0.05, 0) is 24.0 Å². The molecule has 1 saturated carbocycles. The average molecular weight is 146 g/mol. The van der Waals surface area contributed by atoms with Crippen molar-refractivity contribution in [3.8, 4) is 5.75 Å². The summed E-state index contributed by atoms with van der Waals surface area (Å²) in [5, 5.41) is 0. The Hall–Kier alpha value is -0.980. The lowest BCUT2D eigenvalue weighted by Crippen LogP contribution is -2.07. The molecule has 0 saturated heterocycles. The number of fused-ring (bicyclic) bond motifs is 3. The van der Waals surface area contributed by atoms with Crippen molar-refractivity contribution < 1.29 is 4.74 Å². The molecule has 1 nitrogen and oxygen atoms in total. The van der Waals surface area contributed by atoms with E-state index < -0.39 is 0 Å². The zero-order valence-corrected chi connectivity index (χ0v) is 6.29. The third-order valence-corrected chi connectivity index (χ3v) is 2.69. The molecule has 0 bridgehead atoms. The maximum absolute atomic E-state index is 5.58. The Bertz CT molecular complexity index is 293. The fourth-order valence-electron chi connectivity index (χ4n) is 1.93. The average Bonchev–Trinajstić information content (AvgIpc) is 2.83. The van der Waals surface area contributed by atoms with Crippen molar-refractivity contribution in [2.75, 3.05) is 6.61 Å². The summed E-state index contributed by atoms with van der Waals surface area (Å²) < 4.78 is 5.58. The van der Waals surface area contributed by atoms with Gasteiger partial charge >= 0.3 is 0 Å². The van der Waals surface area contributed by atoms with E-state index in [2.05, 4.69) is 18.2 Å². The summed E-state index contributed by atoms with van der Waals surface area (Å²) in [7, 11) is 0. The third-order valence-electron chi connectivity index (χ3n) is 2.69. The molecule has 3 rings (SSSR count). The first-order chi connectivity index (χ1) is 5.45. The van der Waals surface area contributed by atoms with Gasteiger partial charge in [0.05, 0.1) is 6.61 Å². The van der Waals surface area contributed by atoms with Crippen molar-refractivity contribution in [2.45, 2.75) is 12.3 Å². The summed E-state index contributed by atoms with van der Waals surface area (Å²) in [6.45, 7) is 0.946. The van der Waals surface area contributed by atoms with Gasteiger partial charge in [0.1, 0.15) is 5.75 Å². The summed E-state index contributed by atoms with van der Waals surface area (Å²) in [4.78, 5) is 0. The minimum Gasteiger partial charge on any atom is -0.493 e. The molecule has 56 valence electrons. The van der Waals surface area contributed by atoms with E-state index >= 15 is 0 Å². The third kappa shape index (κ3) is 0.710. The summed E-state index contributed by atoms with van der Waals surface area (Å²) in [5.74, 6) is 2.79. The molecular weight excluding hydrogens is 136 g/mol. The Morgan fingerprint density at radius 3 is 3.18 bits per heavy atom. The van der Waals surface area contributed by atoms with Crippen molar-refractivity contribution in [3.63, 3.8) is 0 Å². The van der Waals surface area contributed by atoms with Gasteiger partial charge in [0.25, 0.3) is 0 Å². The Morgan fingerprint density at radius 2 is 2.18 bits per heavy atom. The van der Waals surface area contributed by atoms with Crippen molar-refractivity contribution >= 4 is 0 Å². The predicted octanol–water partition coefficient (Wildman–Crippen LogP) is 2.18. The number of benzene rings is 1. The summed E-state index contributed by atoms with van der Waals surface area (Å²) in [5.41, 5.74) is 1.43. The lowest BCUT2D eigenvalue weighted by Gasteiger charge is -2.15. The highest BCUT2D eigenvalue weighted by atomic mass is 16.5. The van der Waals surface area contributed by atoms with E-state index in [9.17, 15) is 0 Å². The van der Waals surface area contributed by atoms with E-state index in [-0.39, 0.29) is 0 Å². The lowest BCUT2D eigenvalue weighted by molar-refractivity contribution is 0.279. The smallest absolute Gasteiger partial charge is 0.122 e. The standard InChI is InChI=1S/C10H10O/c1-2-4-10-8(3-1)9-5-7(9)6-11-10/h1-4,7,9H,5-6H2. The molecule has 11 heavy (non-hydrogen) atoms. The van der Waals surface area contributed by atoms with E-state index in [1.807, 2.05) is 6.07 Å². The van der Waals surface area contributed by atoms with Crippen LogP contribution in [-0.2, 0) is 0 Å². The number of ether oxygens (including phenoxy) is 1. The molecule has 1 aromatic carbocycles. The molecule has 2 unspecified atom stereocenters. The summed E-state index contributed by atoms with van der Waals surface area (Å²) in [6.07, 6.45) is 1.34. The molecule has 1 aromatic rings. The van der Waals surface area contributed by atoms with Crippen molar-refractivity contribution in [1.29, 1.82) is 0 Å². The van der Waals surface area contributed by atoms with Crippen LogP contribution in [0.2, 0.25) is 0 Å². The maximum Gasteiger partial charge on any atom is 0.122 e. The molecule has 0 radical (unpaired) electrons. The molecule has 0 aromatic heterocycles. The van der Waals surface area contributed by atoms with E-state index in [4.69, 9.17) is 4.74 Å². The van der Waals surface area contributed by atoms with E-state index in [0.29, 0.717) is 0 Å². The van der Waals surface area contributed by atoms with Crippen molar-refractivity contribution in [2.24, 2.45) is 5.92 Å². The number of hydrogen-bond acceptors (Lipinski definition) is 1. The van der Waals surface area contributed by atoms with Gasteiger partial charge in [-0.1, -0.05) is 18.2 Å². The maximum atomic E-state index is 5.58. The number of rotatable bonds is 0. The highest BCUT2D eigenvalue weighted by Crippen LogP contribution is 2.53. The number of hydrogen-bond donors (Lipinski definition) is 0. The Morgan fingerprint density at radius 1 is 1.27 bits per heavy atom. The van der Waals surface area contributed by atoms with Gasteiger partial charge in [0, 0.05) is 5.92 Å². The van der Waals surface area contributed by atoms with Gasteiger partial charge in [0.15, 0.2) is 0 Å². The quantitative estimate of drug-likeness (QED) is 0.545. The van der Waals surface area contributed by atoms with E-state index in [0.717, 1.165) is 24.2 Å². The predicted molar refractivity (Wildman–Crippen MR) is 42.8 cm³/mol. The normalized spacial score (nSPS) is 31.6. The fraction of sp³-hybridized carbons (Fsp3) is 0.400. The van der Waals surface area contributed by atoms with Gasteiger partial charge in [-0.2, -0.15) is 0 Å². The van der Waals surface area contributed by atoms with Gasteiger partial charge in [-0.15, -0.1) is 0 Å². The number of para-hydroxylation sites is 1. The highest BCUT2D eigenvalue weighted by molar-refractivity contribution is 5.41. The molecule has 2 atom stereocenters. The van der Waals surface area contributed by atoms with Crippen LogP contribution in [0.4, 0.5) is 0 Å². The molecule has 1 heterocycles. The SMILES string of the molecule is c1ccc2c(c1)OCC1CC21. The van der Waals surface area contributed by atoms with Crippen molar-refractivity contribution in [3.05, 3.63) is 29.8 Å². The highest BCUT2D eigenvalue weighted by Gasteiger charge is 2.43. The zero-order chi connectivity index (χ0) is 7.26. The van der Waals surface area contributed by atoms with Gasteiger partial charge in [0.2, 0.25) is 0 Å². The molecule has 1 aliphatic heterocycles. The molecule has 0 amide bonds. The molecule has 1 fully saturated rings. The summed E-state index contributed by atoms with van der Waals surface area (Å²) >= 11 is 0. The molecule has 0 spiro atoms. The van der Waals surface area contributed by atoms with Crippen LogP contribution >= 0.6 is 0 Å². The first-order valence-corrected chi connectivity index (χ1v) is 4.17. The van der Waals surface area contributed by atoms with E-state index in [1.54, 1.807) is 0 Å². The van der Waals surface area contributed by atoms with Gasteiger partial charge < -0.3 is 4.74 Å². The molecular formula is C10H10O. The van der Waals surface area contributed by atoms with Crippen molar-refractivity contribution in [1.82, 2.24) is 0 Å². The second-order valence-electron chi connectivity index (χ2n) is 3.45. The lowest BCUT2D eigenvalue weighted by atomic mass is 10.1. The summed E-state index contributed by atoms with van der Waals surface area (Å²) in [6, 6.07) is 8.41. The minimum atomic E-state index is 0.833. The van der Waals surface area contributed by atoms with Crippen LogP contribution in [0.5, 0.6) is 5.75 Å². The Balaban J connectivity index is 2.14. The Kier molecular flexibility index (Phi) is 0.916. The second kappa shape index (κ2) is 1.79. The molecule has 0 N–H and O–H groups in total. The van der Waals surface area contributed by atoms with Crippen LogP contribution in [0, 0.1) is 5.92 Å². The van der Waals surface area contributed by atoms with Gasteiger partial charge in [-0.25, -0.2) is 0 Å². The monoisotopic (exact) mass is 146 g/mol. The molecule has 1 heteroatoms.